The molecule has 0 bridgehead atoms. The topological polar surface area (TPSA) is 44.8 Å². The highest BCUT2D eigenvalue weighted by atomic mass is 32.2. The minimum atomic E-state index is -0.768. The summed E-state index contributed by atoms with van der Waals surface area (Å²) in [4.78, 5) is 0. The molecule has 5 unspecified atom stereocenters. The first-order chi connectivity index (χ1) is 19.5. The number of ether oxygens (including phenoxy) is 3. The standard InChI is InChI=1S/C35H52O4S/c1-34(30-17-5-3-6-18-30,29-32-21-9-13-25-37-32)23-11-15-27-40(36)28-16-12-24-35(2,31-19-7-4-8-20-31)39-33-22-10-14-26-38-33/h3-8,17-20,32-33H,9-16,21-29H2,1-2H3. The molecule has 0 saturated carbocycles. The summed E-state index contributed by atoms with van der Waals surface area (Å²) >= 11 is 0. The highest BCUT2D eigenvalue weighted by molar-refractivity contribution is 7.84. The van der Waals surface area contributed by atoms with E-state index in [0.717, 1.165) is 88.9 Å². The van der Waals surface area contributed by atoms with Crippen LogP contribution in [0, 0.1) is 0 Å². The number of hydrogen-bond donors (Lipinski definition) is 0. The van der Waals surface area contributed by atoms with Gasteiger partial charge >= 0.3 is 0 Å². The van der Waals surface area contributed by atoms with Crippen LogP contribution >= 0.6 is 0 Å². The lowest BCUT2D eigenvalue weighted by atomic mass is 9.73. The predicted molar refractivity (Wildman–Crippen MR) is 166 cm³/mol. The van der Waals surface area contributed by atoms with Gasteiger partial charge in [-0.1, -0.05) is 74.0 Å². The molecule has 2 saturated heterocycles. The highest BCUT2D eigenvalue weighted by Crippen LogP contribution is 2.37. The Labute approximate surface area is 246 Å². The maximum absolute atomic E-state index is 12.9. The van der Waals surface area contributed by atoms with E-state index in [4.69, 9.17) is 14.2 Å². The maximum Gasteiger partial charge on any atom is 0.158 e. The van der Waals surface area contributed by atoms with E-state index in [1.807, 2.05) is 0 Å². The first-order valence-corrected chi connectivity index (χ1v) is 17.3. The molecule has 2 aromatic carbocycles. The van der Waals surface area contributed by atoms with Crippen LogP contribution < -0.4 is 0 Å². The molecule has 5 heteroatoms. The van der Waals surface area contributed by atoms with E-state index in [9.17, 15) is 4.21 Å². The lowest BCUT2D eigenvalue weighted by Gasteiger charge is -2.36. The van der Waals surface area contributed by atoms with Crippen molar-refractivity contribution < 1.29 is 18.4 Å². The van der Waals surface area contributed by atoms with Gasteiger partial charge in [0.25, 0.3) is 0 Å². The van der Waals surface area contributed by atoms with Gasteiger partial charge in [0, 0.05) is 35.5 Å². The van der Waals surface area contributed by atoms with Crippen molar-refractivity contribution in [3.8, 4) is 0 Å². The minimum Gasteiger partial charge on any atom is -0.378 e. The second-order valence-electron chi connectivity index (χ2n) is 12.4. The molecule has 40 heavy (non-hydrogen) atoms. The van der Waals surface area contributed by atoms with Gasteiger partial charge in [-0.25, -0.2) is 0 Å². The van der Waals surface area contributed by atoms with E-state index in [2.05, 4.69) is 74.5 Å². The van der Waals surface area contributed by atoms with Crippen molar-refractivity contribution in [3.05, 3.63) is 71.8 Å². The monoisotopic (exact) mass is 568 g/mol. The molecule has 4 rings (SSSR count). The molecular formula is C35H52O4S. The van der Waals surface area contributed by atoms with Crippen molar-refractivity contribution in [1.29, 1.82) is 0 Å². The molecule has 222 valence electrons. The lowest BCUT2D eigenvalue weighted by molar-refractivity contribution is -0.226. The second kappa shape index (κ2) is 16.2. The smallest absolute Gasteiger partial charge is 0.158 e. The number of benzene rings is 2. The predicted octanol–water partition coefficient (Wildman–Crippen LogP) is 8.45. The third-order valence-corrected chi connectivity index (χ3v) is 10.5. The van der Waals surface area contributed by atoms with Gasteiger partial charge in [0.15, 0.2) is 6.29 Å². The Morgan fingerprint density at radius 3 is 1.95 bits per heavy atom. The summed E-state index contributed by atoms with van der Waals surface area (Å²) in [6.07, 6.45) is 14.3. The van der Waals surface area contributed by atoms with Gasteiger partial charge in [0.1, 0.15) is 0 Å². The van der Waals surface area contributed by atoms with E-state index in [0.29, 0.717) is 6.10 Å². The molecular weight excluding hydrogens is 516 g/mol. The van der Waals surface area contributed by atoms with Crippen molar-refractivity contribution in [1.82, 2.24) is 0 Å². The molecule has 5 atom stereocenters. The molecule has 0 aliphatic carbocycles. The van der Waals surface area contributed by atoms with Gasteiger partial charge in [0.05, 0.1) is 11.7 Å². The Balaban J connectivity index is 1.20. The third kappa shape index (κ3) is 9.79. The summed E-state index contributed by atoms with van der Waals surface area (Å²) in [7, 11) is -0.768. The van der Waals surface area contributed by atoms with Crippen LogP contribution in [0.5, 0.6) is 0 Å². The Kier molecular flexibility index (Phi) is 12.7. The van der Waals surface area contributed by atoms with Gasteiger partial charge in [-0.05, 0) is 101 Å². The van der Waals surface area contributed by atoms with Crippen LogP contribution in [0.3, 0.4) is 0 Å². The zero-order valence-corrected chi connectivity index (χ0v) is 25.8. The Bertz CT molecular complexity index is 907. The fourth-order valence-corrected chi connectivity index (χ4v) is 7.69. The molecule has 4 nitrogen and oxygen atoms in total. The average molecular weight is 569 g/mol. The first kappa shape index (κ1) is 31.4. The van der Waals surface area contributed by atoms with Crippen molar-refractivity contribution in [2.45, 2.75) is 121 Å². The minimum absolute atomic E-state index is 0.106. The van der Waals surface area contributed by atoms with Crippen molar-refractivity contribution in [3.63, 3.8) is 0 Å². The van der Waals surface area contributed by atoms with Crippen LogP contribution in [0.25, 0.3) is 0 Å². The summed E-state index contributed by atoms with van der Waals surface area (Å²) in [6.45, 7) is 6.29. The molecule has 2 aromatic rings. The Morgan fingerprint density at radius 1 is 0.750 bits per heavy atom. The normalized spacial score (nSPS) is 23.6. The van der Waals surface area contributed by atoms with Gasteiger partial charge < -0.3 is 14.2 Å². The number of rotatable bonds is 16. The van der Waals surface area contributed by atoms with Crippen molar-refractivity contribution >= 4 is 10.8 Å². The van der Waals surface area contributed by atoms with Crippen LogP contribution in [0.4, 0.5) is 0 Å². The van der Waals surface area contributed by atoms with E-state index >= 15 is 0 Å². The summed E-state index contributed by atoms with van der Waals surface area (Å²) in [5.41, 5.74) is 2.33. The molecule has 0 amide bonds. The first-order valence-electron chi connectivity index (χ1n) is 15.8. The fraction of sp³-hybridized carbons (Fsp3) is 0.657. The third-order valence-electron chi connectivity index (χ3n) is 8.96. The van der Waals surface area contributed by atoms with E-state index < -0.39 is 10.8 Å². The van der Waals surface area contributed by atoms with Gasteiger partial charge in [-0.2, -0.15) is 0 Å². The van der Waals surface area contributed by atoms with Gasteiger partial charge in [-0.15, -0.1) is 0 Å². The lowest BCUT2D eigenvalue weighted by Crippen LogP contribution is -2.34. The average Bonchev–Trinajstić information content (AvgIpc) is 2.99. The molecule has 2 fully saturated rings. The molecule has 2 heterocycles. The van der Waals surface area contributed by atoms with Crippen molar-refractivity contribution in [2.24, 2.45) is 0 Å². The zero-order chi connectivity index (χ0) is 28.1. The van der Waals surface area contributed by atoms with Gasteiger partial charge in [-0.3, -0.25) is 4.21 Å². The zero-order valence-electron chi connectivity index (χ0n) is 25.0. The molecule has 2 aliphatic heterocycles. The maximum atomic E-state index is 12.9. The van der Waals surface area contributed by atoms with Gasteiger partial charge in [0.2, 0.25) is 0 Å². The van der Waals surface area contributed by atoms with E-state index in [1.165, 1.54) is 30.4 Å². The summed E-state index contributed by atoms with van der Waals surface area (Å²) < 4.78 is 31.5. The van der Waals surface area contributed by atoms with Crippen LogP contribution in [-0.4, -0.2) is 41.3 Å². The van der Waals surface area contributed by atoms with Crippen LogP contribution in [0.2, 0.25) is 0 Å². The highest BCUT2D eigenvalue weighted by Gasteiger charge is 2.32. The Morgan fingerprint density at radius 2 is 1.35 bits per heavy atom. The quantitative estimate of drug-likeness (QED) is 0.191. The summed E-state index contributed by atoms with van der Waals surface area (Å²) in [6, 6.07) is 21.5. The van der Waals surface area contributed by atoms with Crippen LogP contribution in [0.15, 0.2) is 60.7 Å². The number of hydrogen-bond acceptors (Lipinski definition) is 4. The molecule has 0 N–H and O–H groups in total. The SMILES string of the molecule is CC(CCCCS(=O)CCCCC(C)(OC1CCCCO1)c1ccccc1)(CC1CCCCO1)c1ccccc1. The summed E-state index contributed by atoms with van der Waals surface area (Å²) in [5, 5.41) is 0. The second-order valence-corrected chi connectivity index (χ2v) is 14.1. The van der Waals surface area contributed by atoms with Crippen LogP contribution in [-0.2, 0) is 36.0 Å². The van der Waals surface area contributed by atoms with E-state index in [1.54, 1.807) is 0 Å². The van der Waals surface area contributed by atoms with Crippen molar-refractivity contribution in [2.75, 3.05) is 24.7 Å². The molecule has 0 radical (unpaired) electrons. The molecule has 2 aliphatic rings. The molecule has 0 spiro atoms. The number of unbranched alkanes of at least 4 members (excludes halogenated alkanes) is 2. The Hall–Kier alpha value is -1.53. The fourth-order valence-electron chi connectivity index (χ4n) is 6.44. The van der Waals surface area contributed by atoms with E-state index in [-0.39, 0.29) is 17.3 Å². The molecule has 0 aromatic heterocycles. The van der Waals surface area contributed by atoms with Crippen LogP contribution in [0.1, 0.15) is 108 Å². The largest absolute Gasteiger partial charge is 0.378 e. The summed E-state index contributed by atoms with van der Waals surface area (Å²) in [5.74, 6) is 1.57.